The maximum Gasteiger partial charge on any atom is 0.573 e. The highest BCUT2D eigenvalue weighted by Gasteiger charge is 2.38. The van der Waals surface area contributed by atoms with Crippen molar-refractivity contribution in [3.8, 4) is 5.75 Å². The molecule has 2 saturated heterocycles. The molecule has 9 heteroatoms. The van der Waals surface area contributed by atoms with Crippen molar-refractivity contribution in [3.63, 3.8) is 0 Å². The first-order valence-electron chi connectivity index (χ1n) is 7.87. The van der Waals surface area contributed by atoms with Crippen molar-refractivity contribution >= 4 is 10.0 Å². The summed E-state index contributed by atoms with van der Waals surface area (Å²) < 4.78 is 67.8. The number of ether oxygens (including phenoxy) is 1. The summed E-state index contributed by atoms with van der Waals surface area (Å²) >= 11 is 0. The molecule has 2 fully saturated rings. The second-order valence-electron chi connectivity index (χ2n) is 6.13. The van der Waals surface area contributed by atoms with Gasteiger partial charge in [-0.05, 0) is 50.1 Å². The second kappa shape index (κ2) is 6.53. The van der Waals surface area contributed by atoms with Crippen LogP contribution in [0, 0.1) is 0 Å². The molecule has 2 atom stereocenters. The Balaban J connectivity index is 1.69. The van der Waals surface area contributed by atoms with Gasteiger partial charge in [0.15, 0.2) is 0 Å². The Morgan fingerprint density at radius 1 is 1.08 bits per heavy atom. The lowest BCUT2D eigenvalue weighted by Gasteiger charge is -2.32. The number of alkyl halides is 3. The summed E-state index contributed by atoms with van der Waals surface area (Å²) in [5.41, 5.74) is 0. The number of fused-ring (bicyclic) bond motifs is 1. The zero-order valence-electron chi connectivity index (χ0n) is 12.9. The topological polar surface area (TPSA) is 58.6 Å². The molecule has 2 heterocycles. The summed E-state index contributed by atoms with van der Waals surface area (Å²) in [6, 6.07) is 4.31. The third kappa shape index (κ3) is 4.01. The van der Waals surface area contributed by atoms with E-state index in [-0.39, 0.29) is 17.0 Å². The van der Waals surface area contributed by atoms with E-state index in [1.807, 2.05) is 0 Å². The van der Waals surface area contributed by atoms with Gasteiger partial charge in [0.05, 0.1) is 4.90 Å². The lowest BCUT2D eigenvalue weighted by Crippen LogP contribution is -2.46. The highest BCUT2D eigenvalue weighted by atomic mass is 32.2. The third-order valence-electron chi connectivity index (χ3n) is 4.53. The Kier molecular flexibility index (Phi) is 4.76. The van der Waals surface area contributed by atoms with Crippen LogP contribution in [0.3, 0.4) is 0 Å². The van der Waals surface area contributed by atoms with Gasteiger partial charge in [-0.1, -0.05) is 6.42 Å². The van der Waals surface area contributed by atoms with E-state index in [2.05, 4.69) is 14.4 Å². The summed E-state index contributed by atoms with van der Waals surface area (Å²) in [5, 5.41) is 0. The van der Waals surface area contributed by atoms with Crippen LogP contribution >= 0.6 is 0 Å². The van der Waals surface area contributed by atoms with Crippen molar-refractivity contribution in [2.75, 3.05) is 13.1 Å². The van der Waals surface area contributed by atoms with Crippen LogP contribution in [0.25, 0.3) is 0 Å². The first kappa shape index (κ1) is 17.5. The molecule has 0 amide bonds. The second-order valence-corrected chi connectivity index (χ2v) is 7.85. The fraction of sp³-hybridized carbons (Fsp3) is 0.600. The van der Waals surface area contributed by atoms with Crippen molar-refractivity contribution in [3.05, 3.63) is 24.3 Å². The largest absolute Gasteiger partial charge is 0.573 e. The smallest absolute Gasteiger partial charge is 0.406 e. The Bertz CT molecular complexity index is 676. The highest BCUT2D eigenvalue weighted by Crippen LogP contribution is 2.29. The van der Waals surface area contributed by atoms with Gasteiger partial charge in [0.25, 0.3) is 0 Å². The van der Waals surface area contributed by atoms with Gasteiger partial charge in [0.2, 0.25) is 10.0 Å². The number of halogens is 3. The maximum absolute atomic E-state index is 12.5. The van der Waals surface area contributed by atoms with Crippen LogP contribution in [0.15, 0.2) is 29.2 Å². The van der Waals surface area contributed by atoms with E-state index in [9.17, 15) is 21.6 Å². The van der Waals surface area contributed by atoms with Gasteiger partial charge in [0.1, 0.15) is 5.75 Å². The summed E-state index contributed by atoms with van der Waals surface area (Å²) in [6.45, 7) is 1.86. The normalized spacial score (nSPS) is 25.5. The molecule has 3 rings (SSSR count). The number of rotatable bonds is 4. The fourth-order valence-corrected chi connectivity index (χ4v) is 4.78. The molecule has 0 saturated carbocycles. The molecule has 1 N–H and O–H groups in total. The average Bonchev–Trinajstić information content (AvgIpc) is 2.89. The van der Waals surface area contributed by atoms with Crippen LogP contribution in [0.4, 0.5) is 13.2 Å². The van der Waals surface area contributed by atoms with E-state index >= 15 is 0 Å². The standard InChI is InChI=1S/C15H19F3N2O3S/c16-15(17,18)23-11-4-6-12(7-5-11)24(21,22)19-13-8-10-20-9-2-1-3-14(13)20/h4-7,13-14,19H,1-3,8-10H2. The first-order valence-corrected chi connectivity index (χ1v) is 9.35. The van der Waals surface area contributed by atoms with E-state index < -0.39 is 22.1 Å². The minimum Gasteiger partial charge on any atom is -0.406 e. The van der Waals surface area contributed by atoms with Crippen LogP contribution in [0.5, 0.6) is 5.75 Å². The van der Waals surface area contributed by atoms with Crippen LogP contribution < -0.4 is 9.46 Å². The quantitative estimate of drug-likeness (QED) is 0.892. The molecule has 1 aromatic rings. The van der Waals surface area contributed by atoms with E-state index in [1.165, 1.54) is 0 Å². The zero-order chi connectivity index (χ0) is 17.4. The number of nitrogens with zero attached hydrogens (tertiary/aromatic N) is 1. The first-order chi connectivity index (χ1) is 11.2. The summed E-state index contributed by atoms with van der Waals surface area (Å²) in [4.78, 5) is 2.24. The number of hydrogen-bond donors (Lipinski definition) is 1. The average molecular weight is 364 g/mol. The minimum absolute atomic E-state index is 0.0636. The van der Waals surface area contributed by atoms with Gasteiger partial charge >= 0.3 is 6.36 Å². The maximum atomic E-state index is 12.5. The van der Waals surface area contributed by atoms with Crippen molar-refractivity contribution in [1.82, 2.24) is 9.62 Å². The molecule has 2 aliphatic rings. The predicted octanol–water partition coefficient (Wildman–Crippen LogP) is 2.49. The molecule has 24 heavy (non-hydrogen) atoms. The summed E-state index contributed by atoms with van der Waals surface area (Å²) in [6.07, 6.45) is -0.864. The van der Waals surface area contributed by atoms with Gasteiger partial charge in [-0.3, -0.25) is 4.90 Å². The van der Waals surface area contributed by atoms with Crippen LogP contribution in [-0.2, 0) is 10.0 Å². The van der Waals surface area contributed by atoms with Crippen molar-refractivity contribution in [2.24, 2.45) is 0 Å². The molecule has 2 aliphatic heterocycles. The zero-order valence-corrected chi connectivity index (χ0v) is 13.7. The molecule has 134 valence electrons. The monoisotopic (exact) mass is 364 g/mol. The molecule has 2 unspecified atom stereocenters. The van der Waals surface area contributed by atoms with Gasteiger partial charge < -0.3 is 4.74 Å². The molecule has 0 radical (unpaired) electrons. The highest BCUT2D eigenvalue weighted by molar-refractivity contribution is 7.89. The summed E-state index contributed by atoms with van der Waals surface area (Å²) in [5.74, 6) is -0.444. The Labute approximate surface area is 138 Å². The van der Waals surface area contributed by atoms with Crippen molar-refractivity contribution in [2.45, 2.75) is 49.0 Å². The van der Waals surface area contributed by atoms with Gasteiger partial charge in [-0.2, -0.15) is 0 Å². The number of sulfonamides is 1. The Morgan fingerprint density at radius 3 is 2.46 bits per heavy atom. The molecular formula is C15H19F3N2O3S. The van der Waals surface area contributed by atoms with Crippen molar-refractivity contribution < 1.29 is 26.3 Å². The fourth-order valence-electron chi connectivity index (χ4n) is 3.47. The number of hydrogen-bond acceptors (Lipinski definition) is 4. The molecule has 0 spiro atoms. The van der Waals surface area contributed by atoms with Crippen molar-refractivity contribution in [1.29, 1.82) is 0 Å². The van der Waals surface area contributed by atoms with Gasteiger partial charge in [-0.25, -0.2) is 13.1 Å². The number of nitrogens with one attached hydrogen (secondary N) is 1. The molecule has 0 aromatic heterocycles. The Hall–Kier alpha value is -1.32. The van der Waals surface area contributed by atoms with Crippen LogP contribution in [-0.4, -0.2) is 44.9 Å². The molecule has 5 nitrogen and oxygen atoms in total. The van der Waals surface area contributed by atoms with Gasteiger partial charge in [-0.15, -0.1) is 13.2 Å². The van der Waals surface area contributed by atoms with Crippen LogP contribution in [0.1, 0.15) is 25.7 Å². The SMILES string of the molecule is O=S(=O)(NC1CCN2CCCCC12)c1ccc(OC(F)(F)F)cc1. The number of piperidine rings is 1. The lowest BCUT2D eigenvalue weighted by molar-refractivity contribution is -0.274. The van der Waals surface area contributed by atoms with E-state index in [4.69, 9.17) is 0 Å². The molecule has 0 bridgehead atoms. The van der Waals surface area contributed by atoms with Gasteiger partial charge in [0, 0.05) is 18.6 Å². The minimum atomic E-state index is -4.80. The lowest BCUT2D eigenvalue weighted by atomic mass is 10.00. The molecular weight excluding hydrogens is 345 g/mol. The third-order valence-corrected chi connectivity index (χ3v) is 6.04. The summed E-state index contributed by atoms with van der Waals surface area (Å²) in [7, 11) is -3.77. The van der Waals surface area contributed by atoms with E-state index in [0.29, 0.717) is 0 Å². The van der Waals surface area contributed by atoms with E-state index in [1.54, 1.807) is 0 Å². The molecule has 1 aromatic carbocycles. The van der Waals surface area contributed by atoms with E-state index in [0.717, 1.165) is 63.0 Å². The Morgan fingerprint density at radius 2 is 1.79 bits per heavy atom. The number of benzene rings is 1. The molecule has 0 aliphatic carbocycles. The predicted molar refractivity (Wildman–Crippen MR) is 81.1 cm³/mol. The van der Waals surface area contributed by atoms with Crippen LogP contribution in [0.2, 0.25) is 0 Å².